The Morgan fingerprint density at radius 1 is 1.35 bits per heavy atom. The largest absolute Gasteiger partial charge is 0.484 e. The van der Waals surface area contributed by atoms with E-state index in [0.29, 0.717) is 17.3 Å². The van der Waals surface area contributed by atoms with Crippen LogP contribution in [0.2, 0.25) is 5.02 Å². The molecule has 2 rings (SSSR count). The summed E-state index contributed by atoms with van der Waals surface area (Å²) in [5.41, 5.74) is 5.72. The summed E-state index contributed by atoms with van der Waals surface area (Å²) in [7, 11) is 0. The zero-order valence-corrected chi connectivity index (χ0v) is 13.3. The summed E-state index contributed by atoms with van der Waals surface area (Å²) < 4.78 is 28.8. The number of carbonyl (C=O) groups excluding carboxylic acids is 1. The van der Waals surface area contributed by atoms with E-state index in [0.717, 1.165) is 0 Å². The number of hydrogen-bond donors (Lipinski definition) is 1. The SMILES string of the molecule is CCOC(=O)C(N)Cc1ccc(COc2ccc(F)cc2Cl)o1. The van der Waals surface area contributed by atoms with Crippen molar-refractivity contribution in [2.24, 2.45) is 5.73 Å². The smallest absolute Gasteiger partial charge is 0.323 e. The van der Waals surface area contributed by atoms with Gasteiger partial charge in [-0.15, -0.1) is 0 Å². The van der Waals surface area contributed by atoms with E-state index in [2.05, 4.69) is 0 Å². The second-order valence-corrected chi connectivity index (χ2v) is 5.20. The highest BCUT2D eigenvalue weighted by molar-refractivity contribution is 6.32. The molecule has 124 valence electrons. The van der Waals surface area contributed by atoms with Crippen molar-refractivity contribution in [3.8, 4) is 5.75 Å². The molecule has 0 saturated carbocycles. The first-order chi connectivity index (χ1) is 11.0. The molecule has 1 aromatic carbocycles. The van der Waals surface area contributed by atoms with Crippen molar-refractivity contribution in [1.29, 1.82) is 0 Å². The summed E-state index contributed by atoms with van der Waals surface area (Å²) in [5, 5.41) is 0.182. The Morgan fingerprint density at radius 3 is 2.78 bits per heavy atom. The summed E-state index contributed by atoms with van der Waals surface area (Å²) in [6.07, 6.45) is 0.232. The van der Waals surface area contributed by atoms with Crippen LogP contribution in [-0.4, -0.2) is 18.6 Å². The Morgan fingerprint density at radius 2 is 2.09 bits per heavy atom. The molecule has 1 heterocycles. The fourth-order valence-corrected chi connectivity index (χ4v) is 2.12. The maximum Gasteiger partial charge on any atom is 0.323 e. The van der Waals surface area contributed by atoms with Gasteiger partial charge in [0.05, 0.1) is 11.6 Å². The average Bonchev–Trinajstić information content (AvgIpc) is 2.94. The van der Waals surface area contributed by atoms with E-state index in [1.807, 2.05) is 0 Å². The predicted octanol–water partition coefficient (Wildman–Crippen LogP) is 3.08. The van der Waals surface area contributed by atoms with Crippen molar-refractivity contribution >= 4 is 17.6 Å². The zero-order chi connectivity index (χ0) is 16.8. The van der Waals surface area contributed by atoms with Gasteiger partial charge in [-0.05, 0) is 37.3 Å². The molecule has 0 aliphatic heterocycles. The van der Waals surface area contributed by atoms with Gasteiger partial charge in [0, 0.05) is 6.42 Å². The van der Waals surface area contributed by atoms with Crippen molar-refractivity contribution in [2.75, 3.05) is 6.61 Å². The Kier molecular flexibility index (Phi) is 6.01. The molecule has 0 fully saturated rings. The van der Waals surface area contributed by atoms with Crippen molar-refractivity contribution < 1.29 is 23.1 Å². The lowest BCUT2D eigenvalue weighted by molar-refractivity contribution is -0.144. The van der Waals surface area contributed by atoms with Gasteiger partial charge in [0.25, 0.3) is 0 Å². The molecule has 1 unspecified atom stereocenters. The molecular weight excluding hydrogens is 325 g/mol. The monoisotopic (exact) mass is 341 g/mol. The summed E-state index contributed by atoms with van der Waals surface area (Å²) >= 11 is 5.87. The van der Waals surface area contributed by atoms with Gasteiger partial charge in [0.1, 0.15) is 35.7 Å². The zero-order valence-electron chi connectivity index (χ0n) is 12.6. The van der Waals surface area contributed by atoms with Crippen LogP contribution < -0.4 is 10.5 Å². The van der Waals surface area contributed by atoms with E-state index in [4.69, 9.17) is 31.2 Å². The van der Waals surface area contributed by atoms with Crippen molar-refractivity contribution in [3.63, 3.8) is 0 Å². The second-order valence-electron chi connectivity index (χ2n) is 4.79. The Labute approximate surface area is 138 Å². The van der Waals surface area contributed by atoms with E-state index >= 15 is 0 Å². The first kappa shape index (κ1) is 17.3. The molecule has 0 amide bonds. The third kappa shape index (κ3) is 4.97. The van der Waals surface area contributed by atoms with Gasteiger partial charge in [0.15, 0.2) is 0 Å². The number of hydrogen-bond acceptors (Lipinski definition) is 5. The lowest BCUT2D eigenvalue weighted by atomic mass is 10.2. The third-order valence-electron chi connectivity index (χ3n) is 2.99. The quantitative estimate of drug-likeness (QED) is 0.783. The number of rotatable bonds is 7. The lowest BCUT2D eigenvalue weighted by Gasteiger charge is -2.08. The Bertz CT molecular complexity index is 674. The van der Waals surface area contributed by atoms with Gasteiger partial charge in [-0.25, -0.2) is 4.39 Å². The number of carbonyl (C=O) groups is 1. The van der Waals surface area contributed by atoms with Crippen LogP contribution in [0.4, 0.5) is 4.39 Å². The van der Waals surface area contributed by atoms with E-state index < -0.39 is 17.8 Å². The minimum atomic E-state index is -0.776. The van der Waals surface area contributed by atoms with Crippen LogP contribution in [0, 0.1) is 5.82 Å². The molecule has 2 aromatic rings. The normalized spacial score (nSPS) is 12.0. The first-order valence-electron chi connectivity index (χ1n) is 7.07. The maximum absolute atomic E-state index is 12.9. The summed E-state index contributed by atoms with van der Waals surface area (Å²) in [5.74, 6) is 0.537. The van der Waals surface area contributed by atoms with Crippen molar-refractivity contribution in [1.82, 2.24) is 0 Å². The molecule has 23 heavy (non-hydrogen) atoms. The van der Waals surface area contributed by atoms with Gasteiger partial charge in [-0.2, -0.15) is 0 Å². The second kappa shape index (κ2) is 7.99. The highest BCUT2D eigenvalue weighted by Crippen LogP contribution is 2.26. The van der Waals surface area contributed by atoms with Crippen LogP contribution in [0.25, 0.3) is 0 Å². The van der Waals surface area contributed by atoms with Crippen LogP contribution in [0.15, 0.2) is 34.7 Å². The first-order valence-corrected chi connectivity index (χ1v) is 7.45. The summed E-state index contributed by atoms with van der Waals surface area (Å²) in [4.78, 5) is 11.5. The van der Waals surface area contributed by atoms with Gasteiger partial charge < -0.3 is 19.6 Å². The fraction of sp³-hybridized carbons (Fsp3) is 0.312. The molecule has 0 aliphatic rings. The molecule has 0 radical (unpaired) electrons. The number of esters is 1. The van der Waals surface area contributed by atoms with Gasteiger partial charge in [-0.1, -0.05) is 11.6 Å². The molecule has 7 heteroatoms. The van der Waals surface area contributed by atoms with Crippen molar-refractivity contribution in [3.05, 3.63) is 52.7 Å². The number of benzene rings is 1. The fourth-order valence-electron chi connectivity index (χ4n) is 1.90. The summed E-state index contributed by atoms with van der Waals surface area (Å²) in [6, 6.07) is 6.52. The lowest BCUT2D eigenvalue weighted by Crippen LogP contribution is -2.34. The molecule has 0 saturated heterocycles. The van der Waals surface area contributed by atoms with E-state index in [-0.39, 0.29) is 24.7 Å². The topological polar surface area (TPSA) is 74.7 Å². The van der Waals surface area contributed by atoms with E-state index in [9.17, 15) is 9.18 Å². The number of nitrogens with two attached hydrogens (primary N) is 1. The average molecular weight is 342 g/mol. The van der Waals surface area contributed by atoms with Crippen LogP contribution in [0.5, 0.6) is 5.75 Å². The van der Waals surface area contributed by atoms with Gasteiger partial charge >= 0.3 is 5.97 Å². The minimum absolute atomic E-state index is 0.125. The molecule has 0 spiro atoms. The molecule has 2 N–H and O–H groups in total. The number of furan rings is 1. The van der Waals surface area contributed by atoms with Crippen LogP contribution >= 0.6 is 11.6 Å². The number of ether oxygens (including phenoxy) is 2. The maximum atomic E-state index is 12.9. The third-order valence-corrected chi connectivity index (χ3v) is 3.29. The number of halogens is 2. The Hall–Kier alpha value is -2.05. The highest BCUT2D eigenvalue weighted by atomic mass is 35.5. The standard InChI is InChI=1S/C16H17ClFNO4/c1-2-21-16(20)14(19)8-11-4-5-12(23-11)9-22-15-6-3-10(18)7-13(15)17/h3-7,14H,2,8-9,19H2,1H3. The predicted molar refractivity (Wildman–Crippen MR) is 82.8 cm³/mol. The van der Waals surface area contributed by atoms with Crippen molar-refractivity contribution in [2.45, 2.75) is 26.0 Å². The molecule has 0 aliphatic carbocycles. The van der Waals surface area contributed by atoms with Crippen LogP contribution in [-0.2, 0) is 22.6 Å². The highest BCUT2D eigenvalue weighted by Gasteiger charge is 2.17. The molecule has 5 nitrogen and oxygen atoms in total. The molecule has 1 aromatic heterocycles. The molecular formula is C16H17ClFNO4. The van der Waals surface area contributed by atoms with Crippen LogP contribution in [0.1, 0.15) is 18.4 Å². The molecule has 1 atom stereocenters. The Balaban J connectivity index is 1.90. The molecule has 0 bridgehead atoms. The van der Waals surface area contributed by atoms with E-state index in [1.54, 1.807) is 19.1 Å². The van der Waals surface area contributed by atoms with E-state index in [1.165, 1.54) is 18.2 Å². The minimum Gasteiger partial charge on any atom is -0.484 e. The van der Waals surface area contributed by atoms with Gasteiger partial charge in [0.2, 0.25) is 0 Å². The van der Waals surface area contributed by atoms with Crippen LogP contribution in [0.3, 0.4) is 0 Å². The summed E-state index contributed by atoms with van der Waals surface area (Å²) in [6.45, 7) is 2.12. The van der Waals surface area contributed by atoms with Gasteiger partial charge in [-0.3, -0.25) is 4.79 Å².